The van der Waals surface area contributed by atoms with Crippen molar-refractivity contribution in [1.29, 1.82) is 0 Å². The number of nitrogens with one attached hydrogen (secondary N) is 2. The summed E-state index contributed by atoms with van der Waals surface area (Å²) in [5.74, 6) is -0.0935. The fourth-order valence-corrected chi connectivity index (χ4v) is 3.27. The molecule has 1 unspecified atom stereocenters. The highest BCUT2D eigenvalue weighted by atomic mass is 127. The summed E-state index contributed by atoms with van der Waals surface area (Å²) in [4.78, 5) is 29.7. The maximum Gasteiger partial charge on any atom is 0.251 e. The first kappa shape index (κ1) is 25.6. The number of rotatable bonds is 7. The van der Waals surface area contributed by atoms with Gasteiger partial charge in [0.15, 0.2) is 5.96 Å². The second kappa shape index (κ2) is 12.4. The van der Waals surface area contributed by atoms with Crippen LogP contribution >= 0.6 is 24.0 Å². The smallest absolute Gasteiger partial charge is 0.251 e. The number of guanidine groups is 1. The molecule has 1 aromatic carbocycles. The van der Waals surface area contributed by atoms with Gasteiger partial charge in [-0.2, -0.15) is 5.10 Å². The number of ether oxygens (including phenoxy) is 1. The minimum Gasteiger partial charge on any atom is -0.370 e. The normalized spacial score (nSPS) is 16.2. The van der Waals surface area contributed by atoms with Crippen LogP contribution in [0.5, 0.6) is 0 Å². The molecule has 1 aliphatic heterocycles. The molecule has 32 heavy (non-hydrogen) atoms. The monoisotopic (exact) mass is 555 g/mol. The third-order valence-electron chi connectivity index (χ3n) is 4.85. The van der Waals surface area contributed by atoms with Crippen LogP contribution in [-0.2, 0) is 23.1 Å². The van der Waals surface area contributed by atoms with Crippen LogP contribution in [0.1, 0.15) is 34.5 Å². The largest absolute Gasteiger partial charge is 0.370 e. The van der Waals surface area contributed by atoms with E-state index in [0.717, 1.165) is 30.2 Å². The first-order valence-electron chi connectivity index (χ1n) is 10.2. The van der Waals surface area contributed by atoms with Crippen molar-refractivity contribution in [2.75, 3.05) is 32.8 Å². The molecule has 0 spiro atoms. The number of aliphatic imine (C=N–C) groups is 1. The Morgan fingerprint density at radius 3 is 2.66 bits per heavy atom. The molecule has 11 heteroatoms. The van der Waals surface area contributed by atoms with Crippen molar-refractivity contribution in [3.63, 3.8) is 0 Å². The number of hydrogen-bond acceptors (Lipinski definition) is 5. The number of hydrogen-bond donors (Lipinski definition) is 3. The predicted octanol–water partition coefficient (Wildman–Crippen LogP) is 0.792. The number of aryl methyl sites for hydroxylation is 1. The van der Waals surface area contributed by atoms with Gasteiger partial charge in [-0.15, -0.1) is 24.0 Å². The molecule has 1 atom stereocenters. The number of nitrogens with two attached hydrogens (primary N) is 1. The van der Waals surface area contributed by atoms with Gasteiger partial charge in [-0.05, 0) is 24.6 Å². The van der Waals surface area contributed by atoms with Crippen LogP contribution in [0.25, 0.3) is 0 Å². The van der Waals surface area contributed by atoms with Crippen molar-refractivity contribution in [2.45, 2.75) is 19.6 Å². The van der Waals surface area contributed by atoms with Gasteiger partial charge in [-0.1, -0.05) is 12.1 Å². The quantitative estimate of drug-likeness (QED) is 0.264. The highest BCUT2D eigenvalue weighted by Gasteiger charge is 2.25. The van der Waals surface area contributed by atoms with E-state index in [9.17, 15) is 9.59 Å². The van der Waals surface area contributed by atoms with E-state index < -0.39 is 5.91 Å². The van der Waals surface area contributed by atoms with E-state index in [4.69, 9.17) is 15.5 Å². The van der Waals surface area contributed by atoms with Crippen LogP contribution in [0.3, 0.4) is 0 Å². The first-order valence-corrected chi connectivity index (χ1v) is 10.2. The van der Waals surface area contributed by atoms with Crippen molar-refractivity contribution in [3.8, 4) is 0 Å². The lowest BCUT2D eigenvalue weighted by Crippen LogP contribution is -2.48. The van der Waals surface area contributed by atoms with Crippen molar-refractivity contribution >= 4 is 41.8 Å². The maximum absolute atomic E-state index is 12.0. The zero-order valence-corrected chi connectivity index (χ0v) is 20.6. The fraction of sp³-hybridized carbons (Fsp3) is 0.429. The number of primary amides is 1. The lowest BCUT2D eigenvalue weighted by atomic mass is 10.1. The molecule has 1 fully saturated rings. The molecule has 2 aromatic rings. The Bertz CT molecular complexity index is 930. The molecule has 2 heterocycles. The summed E-state index contributed by atoms with van der Waals surface area (Å²) in [6.45, 7) is 5.13. The van der Waals surface area contributed by atoms with Crippen molar-refractivity contribution in [1.82, 2.24) is 25.3 Å². The van der Waals surface area contributed by atoms with E-state index in [-0.39, 0.29) is 42.5 Å². The summed E-state index contributed by atoms with van der Waals surface area (Å²) in [7, 11) is 1.89. The van der Waals surface area contributed by atoms with Gasteiger partial charge in [-0.25, -0.2) is 4.99 Å². The topological polar surface area (TPSA) is 127 Å². The van der Waals surface area contributed by atoms with Gasteiger partial charge in [-0.3, -0.25) is 14.3 Å². The average molecular weight is 555 g/mol. The molecule has 1 saturated heterocycles. The van der Waals surface area contributed by atoms with E-state index in [1.165, 1.54) is 0 Å². The molecular formula is C21H30IN7O3. The maximum atomic E-state index is 12.0. The number of amides is 2. The minimum atomic E-state index is -0.580. The summed E-state index contributed by atoms with van der Waals surface area (Å²) in [6, 6.07) is 7.12. The van der Waals surface area contributed by atoms with E-state index in [0.29, 0.717) is 25.3 Å². The number of aromatic nitrogens is 2. The molecule has 10 nitrogen and oxygen atoms in total. The molecule has 4 N–H and O–H groups in total. The van der Waals surface area contributed by atoms with Crippen molar-refractivity contribution in [2.24, 2.45) is 17.8 Å². The Hall–Kier alpha value is -2.67. The van der Waals surface area contributed by atoms with E-state index in [1.54, 1.807) is 16.8 Å². The fourth-order valence-electron chi connectivity index (χ4n) is 3.27. The van der Waals surface area contributed by atoms with E-state index >= 15 is 0 Å². The molecule has 0 aliphatic carbocycles. The summed E-state index contributed by atoms with van der Waals surface area (Å²) in [5, 5.41) is 10.1. The number of halogens is 1. The number of carbonyl (C=O) groups excluding carboxylic acids is 2. The van der Waals surface area contributed by atoms with Gasteiger partial charge in [0.2, 0.25) is 5.91 Å². The number of nitrogens with zero attached hydrogens (tertiary/aromatic N) is 4. The zero-order chi connectivity index (χ0) is 22.2. The average Bonchev–Trinajstić information content (AvgIpc) is 3.21. The highest BCUT2D eigenvalue weighted by Crippen LogP contribution is 2.21. The van der Waals surface area contributed by atoms with Gasteiger partial charge in [0.1, 0.15) is 6.10 Å². The van der Waals surface area contributed by atoms with Gasteiger partial charge in [0.05, 0.1) is 32.4 Å². The second-order valence-corrected chi connectivity index (χ2v) is 7.27. The zero-order valence-electron chi connectivity index (χ0n) is 18.3. The molecule has 0 bridgehead atoms. The Labute approximate surface area is 204 Å². The van der Waals surface area contributed by atoms with Gasteiger partial charge in [0, 0.05) is 37.5 Å². The number of morpholine rings is 1. The Morgan fingerprint density at radius 1 is 1.28 bits per heavy atom. The minimum absolute atomic E-state index is 0. The molecule has 1 aromatic heterocycles. The molecule has 174 valence electrons. The number of benzene rings is 1. The SMILES string of the molecule is CCNC(=NCc1ccc(C(=O)NCC(N)=O)cc1)N1CCOC(c2cnn(C)c2)C1.I. The lowest BCUT2D eigenvalue weighted by molar-refractivity contribution is -0.117. The van der Waals surface area contributed by atoms with Crippen LogP contribution in [0.2, 0.25) is 0 Å². The molecule has 0 radical (unpaired) electrons. The van der Waals surface area contributed by atoms with Crippen LogP contribution in [0.15, 0.2) is 41.7 Å². The first-order chi connectivity index (χ1) is 15.0. The second-order valence-electron chi connectivity index (χ2n) is 7.27. The van der Waals surface area contributed by atoms with Crippen LogP contribution in [0, 0.1) is 0 Å². The molecule has 1 aliphatic rings. The van der Waals surface area contributed by atoms with Gasteiger partial charge in [0.25, 0.3) is 5.91 Å². The van der Waals surface area contributed by atoms with E-state index in [1.807, 2.05) is 38.5 Å². The lowest BCUT2D eigenvalue weighted by Gasteiger charge is -2.34. The Kier molecular flexibility index (Phi) is 9.91. The Balaban J connectivity index is 0.00000363. The van der Waals surface area contributed by atoms with Gasteiger partial charge < -0.3 is 26.0 Å². The highest BCUT2D eigenvalue weighted by molar-refractivity contribution is 14.0. The summed E-state index contributed by atoms with van der Waals surface area (Å²) in [6.07, 6.45) is 3.75. The molecule has 0 saturated carbocycles. The van der Waals surface area contributed by atoms with E-state index in [2.05, 4.69) is 20.6 Å². The standard InChI is InChI=1S/C21H29N7O3.HI/c1-3-23-21(28-8-9-31-18(14-28)17-11-26-27(2)13-17)25-10-15-4-6-16(7-5-15)20(30)24-12-19(22)29;/h4-7,11,13,18H,3,8-10,12,14H2,1-2H3,(H2,22,29)(H,23,25)(H,24,30);1H. The molecular weight excluding hydrogens is 525 g/mol. The number of carbonyl (C=O) groups is 2. The van der Waals surface area contributed by atoms with Gasteiger partial charge >= 0.3 is 0 Å². The van der Waals surface area contributed by atoms with Crippen molar-refractivity contribution < 1.29 is 14.3 Å². The van der Waals surface area contributed by atoms with Crippen LogP contribution in [-0.4, -0.2) is 65.2 Å². The predicted molar refractivity (Wildman–Crippen MR) is 132 cm³/mol. The van der Waals surface area contributed by atoms with Crippen molar-refractivity contribution in [3.05, 3.63) is 53.3 Å². The van der Waals surface area contributed by atoms with Crippen LogP contribution in [0.4, 0.5) is 0 Å². The summed E-state index contributed by atoms with van der Waals surface area (Å²) >= 11 is 0. The summed E-state index contributed by atoms with van der Waals surface area (Å²) in [5.41, 5.74) is 7.54. The molecule has 2 amide bonds. The molecule has 3 rings (SSSR count). The van der Waals surface area contributed by atoms with Crippen LogP contribution < -0.4 is 16.4 Å². The third-order valence-corrected chi connectivity index (χ3v) is 4.85. The Morgan fingerprint density at radius 2 is 2.03 bits per heavy atom. The summed E-state index contributed by atoms with van der Waals surface area (Å²) < 4.78 is 7.70. The third kappa shape index (κ3) is 7.19.